The highest BCUT2D eigenvalue weighted by atomic mass is 19.1. The zero-order valence-corrected chi connectivity index (χ0v) is 11.0. The first-order chi connectivity index (χ1) is 9.08. The fourth-order valence-electron chi connectivity index (χ4n) is 1.83. The summed E-state index contributed by atoms with van der Waals surface area (Å²) in [5.74, 6) is 0.365. The van der Waals surface area contributed by atoms with Gasteiger partial charge < -0.3 is 15.8 Å². The Kier molecular flexibility index (Phi) is 3.90. The Hall–Kier alpha value is -2.23. The molecule has 0 fully saturated rings. The number of benzene rings is 2. The van der Waals surface area contributed by atoms with Gasteiger partial charge in [0, 0.05) is 23.5 Å². The van der Waals surface area contributed by atoms with Crippen LogP contribution in [-0.4, -0.2) is 6.61 Å². The molecular weight excluding hydrogens is 243 g/mol. The Labute approximate surface area is 112 Å². The van der Waals surface area contributed by atoms with E-state index in [2.05, 4.69) is 5.32 Å². The van der Waals surface area contributed by atoms with Gasteiger partial charge in [0.15, 0.2) is 0 Å². The van der Waals surface area contributed by atoms with Crippen LogP contribution in [0.2, 0.25) is 0 Å². The summed E-state index contributed by atoms with van der Waals surface area (Å²) in [7, 11) is 0. The largest absolute Gasteiger partial charge is 0.494 e. The van der Waals surface area contributed by atoms with Gasteiger partial charge in [-0.05, 0) is 37.6 Å². The topological polar surface area (TPSA) is 47.3 Å². The number of ether oxygens (including phenoxy) is 1. The molecule has 4 heteroatoms. The lowest BCUT2D eigenvalue weighted by Crippen LogP contribution is -1.98. The van der Waals surface area contributed by atoms with E-state index >= 15 is 0 Å². The molecule has 19 heavy (non-hydrogen) atoms. The number of hydrogen-bond donors (Lipinski definition) is 2. The number of anilines is 3. The van der Waals surface area contributed by atoms with Crippen LogP contribution in [0, 0.1) is 12.7 Å². The van der Waals surface area contributed by atoms with Crippen molar-refractivity contribution in [3.05, 3.63) is 47.8 Å². The highest BCUT2D eigenvalue weighted by Gasteiger charge is 2.05. The molecule has 0 aliphatic rings. The summed E-state index contributed by atoms with van der Waals surface area (Å²) in [4.78, 5) is 0. The number of nitrogens with two attached hydrogens (primary N) is 1. The predicted octanol–water partition coefficient (Wildman–Crippen LogP) is 3.86. The minimum Gasteiger partial charge on any atom is -0.494 e. The second kappa shape index (κ2) is 5.61. The van der Waals surface area contributed by atoms with Crippen molar-refractivity contribution in [1.82, 2.24) is 0 Å². The molecule has 100 valence electrons. The molecule has 0 aliphatic heterocycles. The summed E-state index contributed by atoms with van der Waals surface area (Å²) in [6.45, 7) is 4.37. The van der Waals surface area contributed by atoms with Crippen molar-refractivity contribution in [1.29, 1.82) is 0 Å². The minimum absolute atomic E-state index is 0.300. The van der Waals surface area contributed by atoms with E-state index in [-0.39, 0.29) is 5.82 Å². The van der Waals surface area contributed by atoms with Gasteiger partial charge in [-0.15, -0.1) is 0 Å². The van der Waals surface area contributed by atoms with Crippen molar-refractivity contribution >= 4 is 17.1 Å². The molecule has 2 aromatic rings. The van der Waals surface area contributed by atoms with E-state index in [0.29, 0.717) is 29.4 Å². The molecule has 0 unspecified atom stereocenters. The highest BCUT2D eigenvalue weighted by Crippen LogP contribution is 2.27. The Bertz CT molecular complexity index is 584. The number of rotatable bonds is 4. The number of hydrogen-bond acceptors (Lipinski definition) is 3. The molecule has 3 N–H and O–H groups in total. The van der Waals surface area contributed by atoms with Crippen LogP contribution in [0.25, 0.3) is 0 Å². The third-order valence-electron chi connectivity index (χ3n) is 2.64. The SMILES string of the molecule is CCOc1cc(N)cc(Nc2cc(C)ccc2F)c1. The molecule has 0 spiro atoms. The molecule has 0 saturated carbocycles. The summed E-state index contributed by atoms with van der Waals surface area (Å²) < 4.78 is 19.1. The van der Waals surface area contributed by atoms with Gasteiger partial charge in [-0.25, -0.2) is 4.39 Å². The Morgan fingerprint density at radius 3 is 2.74 bits per heavy atom. The molecule has 0 amide bonds. The molecule has 3 nitrogen and oxygen atoms in total. The molecule has 0 atom stereocenters. The molecule has 0 aromatic heterocycles. The molecular formula is C15H17FN2O. The van der Waals surface area contributed by atoms with E-state index in [4.69, 9.17) is 10.5 Å². The maximum atomic E-state index is 13.7. The lowest BCUT2D eigenvalue weighted by atomic mass is 10.2. The van der Waals surface area contributed by atoms with Gasteiger partial charge in [0.2, 0.25) is 0 Å². The summed E-state index contributed by atoms with van der Waals surface area (Å²) in [5.41, 5.74) is 8.48. The molecule has 0 heterocycles. The van der Waals surface area contributed by atoms with Gasteiger partial charge in [0.1, 0.15) is 11.6 Å². The third-order valence-corrected chi connectivity index (χ3v) is 2.64. The number of nitrogen functional groups attached to an aromatic ring is 1. The lowest BCUT2D eigenvalue weighted by molar-refractivity contribution is 0.340. The molecule has 0 radical (unpaired) electrons. The summed E-state index contributed by atoms with van der Waals surface area (Å²) >= 11 is 0. The van der Waals surface area contributed by atoms with Crippen LogP contribution in [0.15, 0.2) is 36.4 Å². The monoisotopic (exact) mass is 260 g/mol. The third kappa shape index (κ3) is 3.37. The standard InChI is InChI=1S/C15H17FN2O/c1-3-19-13-8-11(17)7-12(9-13)18-15-6-10(2)4-5-14(15)16/h4-9,18H,3,17H2,1-2H3. The van der Waals surface area contributed by atoms with Gasteiger partial charge in [0.05, 0.1) is 12.3 Å². The fourth-order valence-corrected chi connectivity index (χ4v) is 1.83. The van der Waals surface area contributed by atoms with Crippen LogP contribution in [0.5, 0.6) is 5.75 Å². The molecule has 2 aromatic carbocycles. The van der Waals surface area contributed by atoms with Crippen LogP contribution in [0.3, 0.4) is 0 Å². The van der Waals surface area contributed by atoms with Crippen LogP contribution in [0.1, 0.15) is 12.5 Å². The van der Waals surface area contributed by atoms with Crippen molar-refractivity contribution < 1.29 is 9.13 Å². The van der Waals surface area contributed by atoms with Crippen molar-refractivity contribution in [3.8, 4) is 5.75 Å². The van der Waals surface area contributed by atoms with Gasteiger partial charge in [-0.3, -0.25) is 0 Å². The zero-order chi connectivity index (χ0) is 13.8. The Balaban J connectivity index is 2.29. The van der Waals surface area contributed by atoms with Crippen LogP contribution in [0.4, 0.5) is 21.5 Å². The van der Waals surface area contributed by atoms with E-state index in [9.17, 15) is 4.39 Å². The Morgan fingerprint density at radius 1 is 1.21 bits per heavy atom. The second-order valence-electron chi connectivity index (χ2n) is 4.33. The molecule has 0 bridgehead atoms. The predicted molar refractivity (Wildman–Crippen MR) is 76.4 cm³/mol. The van der Waals surface area contributed by atoms with Crippen molar-refractivity contribution in [2.75, 3.05) is 17.7 Å². The first-order valence-corrected chi connectivity index (χ1v) is 6.15. The lowest BCUT2D eigenvalue weighted by Gasteiger charge is -2.11. The normalized spacial score (nSPS) is 10.3. The van der Waals surface area contributed by atoms with E-state index in [1.165, 1.54) is 6.07 Å². The number of aryl methyl sites for hydroxylation is 1. The van der Waals surface area contributed by atoms with Gasteiger partial charge in [-0.2, -0.15) is 0 Å². The van der Waals surface area contributed by atoms with E-state index in [1.54, 1.807) is 30.3 Å². The van der Waals surface area contributed by atoms with Crippen LogP contribution < -0.4 is 15.8 Å². The maximum absolute atomic E-state index is 13.7. The summed E-state index contributed by atoms with van der Waals surface area (Å²) in [6, 6.07) is 10.2. The molecule has 2 rings (SSSR count). The molecule has 0 aliphatic carbocycles. The Morgan fingerprint density at radius 2 is 2.00 bits per heavy atom. The summed E-state index contributed by atoms with van der Waals surface area (Å²) in [6.07, 6.45) is 0. The zero-order valence-electron chi connectivity index (χ0n) is 11.0. The summed E-state index contributed by atoms with van der Waals surface area (Å²) in [5, 5.41) is 3.02. The number of nitrogens with one attached hydrogen (secondary N) is 1. The fraction of sp³-hybridized carbons (Fsp3) is 0.200. The van der Waals surface area contributed by atoms with Crippen molar-refractivity contribution in [2.45, 2.75) is 13.8 Å². The minimum atomic E-state index is -0.300. The van der Waals surface area contributed by atoms with E-state index in [0.717, 1.165) is 5.56 Å². The van der Waals surface area contributed by atoms with E-state index < -0.39 is 0 Å². The van der Waals surface area contributed by atoms with Gasteiger partial charge in [0.25, 0.3) is 0 Å². The average Bonchev–Trinajstić information content (AvgIpc) is 2.33. The molecule has 0 saturated heterocycles. The van der Waals surface area contributed by atoms with Gasteiger partial charge in [-0.1, -0.05) is 6.07 Å². The first kappa shape index (κ1) is 13.2. The van der Waals surface area contributed by atoms with Crippen molar-refractivity contribution in [2.24, 2.45) is 0 Å². The maximum Gasteiger partial charge on any atom is 0.146 e. The highest BCUT2D eigenvalue weighted by molar-refractivity contribution is 5.66. The first-order valence-electron chi connectivity index (χ1n) is 6.15. The van der Waals surface area contributed by atoms with Crippen LogP contribution in [-0.2, 0) is 0 Å². The average molecular weight is 260 g/mol. The number of halogens is 1. The second-order valence-corrected chi connectivity index (χ2v) is 4.33. The van der Waals surface area contributed by atoms with Gasteiger partial charge >= 0.3 is 0 Å². The smallest absolute Gasteiger partial charge is 0.146 e. The quantitative estimate of drug-likeness (QED) is 0.821. The van der Waals surface area contributed by atoms with Crippen LogP contribution >= 0.6 is 0 Å². The van der Waals surface area contributed by atoms with E-state index in [1.807, 2.05) is 13.8 Å². The van der Waals surface area contributed by atoms with Crippen molar-refractivity contribution in [3.63, 3.8) is 0 Å².